The van der Waals surface area contributed by atoms with Crippen LogP contribution in [-0.2, 0) is 11.3 Å². The number of aromatic nitrogens is 2. The fraction of sp³-hybridized carbons (Fsp3) is 0.286. The highest BCUT2D eigenvalue weighted by Gasteiger charge is 2.10. The SMILES string of the molecule is COC(=O)c1ccc(Cn2nc(C)c(O)c2C)cc1. The van der Waals surface area contributed by atoms with Crippen LogP contribution in [0, 0.1) is 13.8 Å². The second kappa shape index (κ2) is 5.14. The Labute approximate surface area is 111 Å². The van der Waals surface area contributed by atoms with E-state index in [2.05, 4.69) is 9.84 Å². The number of aryl methyl sites for hydroxylation is 1. The molecule has 2 rings (SSSR count). The molecule has 0 aliphatic carbocycles. The lowest BCUT2D eigenvalue weighted by Gasteiger charge is -2.05. The second-order valence-electron chi connectivity index (χ2n) is 4.37. The van der Waals surface area contributed by atoms with E-state index < -0.39 is 0 Å². The number of ether oxygens (including phenoxy) is 1. The second-order valence-corrected chi connectivity index (χ2v) is 4.37. The molecule has 0 amide bonds. The van der Waals surface area contributed by atoms with Crippen molar-refractivity contribution in [1.82, 2.24) is 9.78 Å². The molecule has 1 aromatic heterocycles. The molecule has 0 fully saturated rings. The van der Waals surface area contributed by atoms with Crippen molar-refractivity contribution in [2.45, 2.75) is 20.4 Å². The molecule has 0 bridgehead atoms. The summed E-state index contributed by atoms with van der Waals surface area (Å²) in [6.07, 6.45) is 0. The van der Waals surface area contributed by atoms with E-state index >= 15 is 0 Å². The Hall–Kier alpha value is -2.30. The largest absolute Gasteiger partial charge is 0.504 e. The summed E-state index contributed by atoms with van der Waals surface area (Å²) in [6.45, 7) is 4.13. The third kappa shape index (κ3) is 2.59. The summed E-state index contributed by atoms with van der Waals surface area (Å²) in [5.41, 5.74) is 2.86. The van der Waals surface area contributed by atoms with Crippen LogP contribution in [-0.4, -0.2) is 28.0 Å². The molecular weight excluding hydrogens is 244 g/mol. The predicted molar refractivity (Wildman–Crippen MR) is 70.2 cm³/mol. The van der Waals surface area contributed by atoms with Crippen LogP contribution in [0.2, 0.25) is 0 Å². The van der Waals surface area contributed by atoms with Gasteiger partial charge >= 0.3 is 5.97 Å². The Morgan fingerprint density at radius 2 is 1.95 bits per heavy atom. The molecule has 100 valence electrons. The van der Waals surface area contributed by atoms with Crippen molar-refractivity contribution < 1.29 is 14.6 Å². The maximum absolute atomic E-state index is 11.3. The highest BCUT2D eigenvalue weighted by molar-refractivity contribution is 5.89. The van der Waals surface area contributed by atoms with Gasteiger partial charge in [0.2, 0.25) is 0 Å². The van der Waals surface area contributed by atoms with E-state index in [0.717, 1.165) is 11.3 Å². The van der Waals surface area contributed by atoms with Gasteiger partial charge in [0.25, 0.3) is 0 Å². The zero-order valence-corrected chi connectivity index (χ0v) is 11.2. The van der Waals surface area contributed by atoms with Crippen LogP contribution in [0.15, 0.2) is 24.3 Å². The molecule has 5 heteroatoms. The number of aromatic hydroxyl groups is 1. The van der Waals surface area contributed by atoms with E-state index in [9.17, 15) is 9.90 Å². The summed E-state index contributed by atoms with van der Waals surface area (Å²) >= 11 is 0. The molecule has 0 aliphatic heterocycles. The Morgan fingerprint density at radius 1 is 1.32 bits per heavy atom. The highest BCUT2D eigenvalue weighted by atomic mass is 16.5. The van der Waals surface area contributed by atoms with Crippen molar-refractivity contribution in [3.8, 4) is 5.75 Å². The highest BCUT2D eigenvalue weighted by Crippen LogP contribution is 2.20. The van der Waals surface area contributed by atoms with Gasteiger partial charge in [-0.05, 0) is 31.5 Å². The topological polar surface area (TPSA) is 64.4 Å². The normalized spacial score (nSPS) is 10.5. The van der Waals surface area contributed by atoms with Gasteiger partial charge in [-0.2, -0.15) is 5.10 Å². The third-order valence-electron chi connectivity index (χ3n) is 3.05. The number of nitrogens with zero attached hydrogens (tertiary/aromatic N) is 2. The standard InChI is InChI=1S/C14H16N2O3/c1-9-13(17)10(2)16(15-9)8-11-4-6-12(7-5-11)14(18)19-3/h4-7,17H,8H2,1-3H3. The minimum atomic E-state index is -0.352. The fourth-order valence-corrected chi connectivity index (χ4v) is 1.88. The zero-order chi connectivity index (χ0) is 14.0. The maximum atomic E-state index is 11.3. The Bertz CT molecular complexity index is 600. The summed E-state index contributed by atoms with van der Waals surface area (Å²) in [6, 6.07) is 7.12. The lowest BCUT2D eigenvalue weighted by Crippen LogP contribution is -2.05. The van der Waals surface area contributed by atoms with E-state index in [1.165, 1.54) is 7.11 Å². The van der Waals surface area contributed by atoms with Crippen molar-refractivity contribution in [1.29, 1.82) is 0 Å². The summed E-state index contributed by atoms with van der Waals surface area (Å²) < 4.78 is 6.38. The summed E-state index contributed by atoms with van der Waals surface area (Å²) in [5, 5.41) is 14.0. The van der Waals surface area contributed by atoms with Gasteiger partial charge in [-0.1, -0.05) is 12.1 Å². The molecule has 19 heavy (non-hydrogen) atoms. The zero-order valence-electron chi connectivity index (χ0n) is 11.2. The van der Waals surface area contributed by atoms with Crippen LogP contribution in [0.3, 0.4) is 0 Å². The van der Waals surface area contributed by atoms with Crippen LogP contribution >= 0.6 is 0 Å². The van der Waals surface area contributed by atoms with Gasteiger partial charge in [-0.25, -0.2) is 4.79 Å². The minimum Gasteiger partial charge on any atom is -0.504 e. The molecule has 1 N–H and O–H groups in total. The Balaban J connectivity index is 2.20. The number of esters is 1. The molecular formula is C14H16N2O3. The van der Waals surface area contributed by atoms with Crippen LogP contribution in [0.5, 0.6) is 5.75 Å². The molecule has 2 aromatic rings. The number of hydrogen-bond donors (Lipinski definition) is 1. The molecule has 0 saturated carbocycles. The first-order chi connectivity index (χ1) is 9.02. The van der Waals surface area contributed by atoms with Gasteiger partial charge in [0.15, 0.2) is 5.75 Å². The number of carbonyl (C=O) groups is 1. The minimum absolute atomic E-state index is 0.228. The van der Waals surface area contributed by atoms with E-state index in [1.54, 1.807) is 23.7 Å². The number of hydrogen-bond acceptors (Lipinski definition) is 4. The van der Waals surface area contributed by atoms with Crippen LogP contribution in [0.25, 0.3) is 0 Å². The number of rotatable bonds is 3. The quantitative estimate of drug-likeness (QED) is 0.858. The maximum Gasteiger partial charge on any atom is 0.337 e. The van der Waals surface area contributed by atoms with E-state index in [4.69, 9.17) is 0 Å². The monoisotopic (exact) mass is 260 g/mol. The summed E-state index contributed by atoms with van der Waals surface area (Å²) in [4.78, 5) is 11.3. The first kappa shape index (κ1) is 13.1. The van der Waals surface area contributed by atoms with Gasteiger partial charge < -0.3 is 9.84 Å². The van der Waals surface area contributed by atoms with Crippen molar-refractivity contribution in [2.75, 3.05) is 7.11 Å². The average molecular weight is 260 g/mol. The molecule has 5 nitrogen and oxygen atoms in total. The third-order valence-corrected chi connectivity index (χ3v) is 3.05. The predicted octanol–water partition coefficient (Wildman–Crippen LogP) is 2.04. The van der Waals surface area contributed by atoms with Gasteiger partial charge in [0, 0.05) is 0 Å². The van der Waals surface area contributed by atoms with Crippen LogP contribution in [0.4, 0.5) is 0 Å². The fourth-order valence-electron chi connectivity index (χ4n) is 1.88. The van der Waals surface area contributed by atoms with Crippen molar-refractivity contribution in [3.05, 3.63) is 46.8 Å². The van der Waals surface area contributed by atoms with E-state index in [-0.39, 0.29) is 11.7 Å². The molecule has 1 heterocycles. The molecule has 1 aromatic carbocycles. The Morgan fingerprint density at radius 3 is 2.42 bits per heavy atom. The molecule has 0 saturated heterocycles. The van der Waals surface area contributed by atoms with E-state index in [1.807, 2.05) is 19.1 Å². The van der Waals surface area contributed by atoms with Gasteiger partial charge in [-0.15, -0.1) is 0 Å². The Kier molecular flexibility index (Phi) is 3.55. The molecule has 0 spiro atoms. The molecule has 0 aliphatic rings. The number of methoxy groups -OCH3 is 1. The summed E-state index contributed by atoms with van der Waals surface area (Å²) in [5.74, 6) is -0.124. The van der Waals surface area contributed by atoms with Crippen molar-refractivity contribution in [3.63, 3.8) is 0 Å². The van der Waals surface area contributed by atoms with E-state index in [0.29, 0.717) is 17.8 Å². The van der Waals surface area contributed by atoms with Crippen LogP contribution < -0.4 is 0 Å². The summed E-state index contributed by atoms with van der Waals surface area (Å²) in [7, 11) is 1.36. The smallest absolute Gasteiger partial charge is 0.337 e. The molecule has 0 unspecified atom stereocenters. The van der Waals surface area contributed by atoms with Crippen LogP contribution in [0.1, 0.15) is 27.3 Å². The van der Waals surface area contributed by atoms with Gasteiger partial charge in [0.05, 0.1) is 24.9 Å². The van der Waals surface area contributed by atoms with Crippen molar-refractivity contribution >= 4 is 5.97 Å². The number of carbonyl (C=O) groups excluding carboxylic acids is 1. The van der Waals surface area contributed by atoms with Crippen molar-refractivity contribution in [2.24, 2.45) is 0 Å². The lowest BCUT2D eigenvalue weighted by molar-refractivity contribution is 0.0600. The van der Waals surface area contributed by atoms with Gasteiger partial charge in [-0.3, -0.25) is 4.68 Å². The molecule has 0 atom stereocenters. The molecule has 0 radical (unpaired) electrons. The van der Waals surface area contributed by atoms with Gasteiger partial charge in [0.1, 0.15) is 5.69 Å². The lowest BCUT2D eigenvalue weighted by atomic mass is 10.1. The first-order valence-corrected chi connectivity index (χ1v) is 5.93. The number of benzene rings is 1. The average Bonchev–Trinajstić information content (AvgIpc) is 2.66. The first-order valence-electron chi connectivity index (χ1n) is 5.93.